The third-order valence-electron chi connectivity index (χ3n) is 3.17. The van der Waals surface area contributed by atoms with E-state index in [4.69, 9.17) is 5.11 Å². The molecule has 0 saturated heterocycles. The van der Waals surface area contributed by atoms with Gasteiger partial charge in [0.25, 0.3) is 0 Å². The van der Waals surface area contributed by atoms with Crippen molar-refractivity contribution in [1.29, 1.82) is 0 Å². The minimum absolute atomic E-state index is 0.0216. The van der Waals surface area contributed by atoms with Crippen LogP contribution in [0.1, 0.15) is 12.0 Å². The Hall–Kier alpha value is -2.50. The molecule has 2 aromatic rings. The van der Waals surface area contributed by atoms with Crippen LogP contribution >= 0.6 is 0 Å². The first-order valence-corrected chi connectivity index (χ1v) is 6.63. The first kappa shape index (κ1) is 15.9. The molecule has 0 aliphatic rings. The van der Waals surface area contributed by atoms with E-state index in [-0.39, 0.29) is 25.2 Å². The van der Waals surface area contributed by atoms with Gasteiger partial charge < -0.3 is 10.0 Å². The molecule has 0 aromatic heterocycles. The van der Waals surface area contributed by atoms with Crippen LogP contribution in [-0.4, -0.2) is 17.6 Å². The molecule has 3 nitrogen and oxygen atoms in total. The zero-order chi connectivity index (χ0) is 16.1. The van der Waals surface area contributed by atoms with Crippen molar-refractivity contribution in [2.24, 2.45) is 0 Å². The summed E-state index contributed by atoms with van der Waals surface area (Å²) in [7, 11) is 0. The standard InChI is InChI=1S/C16H14F3NO2/c17-12-6-7-13(16(19)15(12)18)20(9-8-14(21)22)10-11-4-2-1-3-5-11/h1-7H,8-10H2,(H,21,22). The van der Waals surface area contributed by atoms with Gasteiger partial charge in [-0.05, 0) is 17.7 Å². The maximum atomic E-state index is 13.9. The Morgan fingerprint density at radius 2 is 1.68 bits per heavy atom. The first-order chi connectivity index (χ1) is 10.5. The van der Waals surface area contributed by atoms with Crippen LogP contribution in [0.3, 0.4) is 0 Å². The third-order valence-corrected chi connectivity index (χ3v) is 3.17. The highest BCUT2D eigenvalue weighted by Crippen LogP contribution is 2.25. The minimum Gasteiger partial charge on any atom is -0.481 e. The summed E-state index contributed by atoms with van der Waals surface area (Å²) in [5.41, 5.74) is 0.640. The van der Waals surface area contributed by atoms with Crippen LogP contribution < -0.4 is 4.90 Å². The average Bonchev–Trinajstić information content (AvgIpc) is 2.50. The van der Waals surface area contributed by atoms with Gasteiger partial charge in [-0.25, -0.2) is 13.2 Å². The largest absolute Gasteiger partial charge is 0.481 e. The topological polar surface area (TPSA) is 40.5 Å². The van der Waals surface area contributed by atoms with Crippen LogP contribution in [0.5, 0.6) is 0 Å². The monoisotopic (exact) mass is 309 g/mol. The number of carbonyl (C=O) groups is 1. The molecule has 0 aliphatic heterocycles. The van der Waals surface area contributed by atoms with Gasteiger partial charge >= 0.3 is 5.97 Å². The Labute approximate surface area is 125 Å². The summed E-state index contributed by atoms with van der Waals surface area (Å²) in [6, 6.07) is 10.9. The van der Waals surface area contributed by atoms with E-state index >= 15 is 0 Å². The fourth-order valence-corrected chi connectivity index (χ4v) is 2.08. The SMILES string of the molecule is O=C(O)CCN(Cc1ccccc1)c1ccc(F)c(F)c1F. The van der Waals surface area contributed by atoms with Gasteiger partial charge in [-0.1, -0.05) is 30.3 Å². The lowest BCUT2D eigenvalue weighted by Crippen LogP contribution is -2.27. The predicted molar refractivity (Wildman–Crippen MR) is 76.1 cm³/mol. The highest BCUT2D eigenvalue weighted by molar-refractivity contribution is 5.67. The van der Waals surface area contributed by atoms with Crippen molar-refractivity contribution < 1.29 is 23.1 Å². The lowest BCUT2D eigenvalue weighted by atomic mass is 10.1. The van der Waals surface area contributed by atoms with Crippen LogP contribution in [0.2, 0.25) is 0 Å². The van der Waals surface area contributed by atoms with E-state index in [0.29, 0.717) is 0 Å². The van der Waals surface area contributed by atoms with Gasteiger partial charge in [0, 0.05) is 13.1 Å². The molecule has 2 aromatic carbocycles. The molecular weight excluding hydrogens is 295 g/mol. The number of hydrogen-bond acceptors (Lipinski definition) is 2. The van der Waals surface area contributed by atoms with Crippen LogP contribution in [0.15, 0.2) is 42.5 Å². The molecule has 22 heavy (non-hydrogen) atoms. The Morgan fingerprint density at radius 3 is 2.32 bits per heavy atom. The van der Waals surface area contributed by atoms with Gasteiger partial charge in [-0.3, -0.25) is 4.79 Å². The first-order valence-electron chi connectivity index (χ1n) is 6.63. The van der Waals surface area contributed by atoms with E-state index in [1.165, 1.54) is 4.90 Å². The fraction of sp³-hybridized carbons (Fsp3) is 0.188. The van der Waals surface area contributed by atoms with E-state index in [2.05, 4.69) is 0 Å². The predicted octanol–water partition coefficient (Wildman–Crippen LogP) is 3.59. The quantitative estimate of drug-likeness (QED) is 0.829. The second kappa shape index (κ2) is 6.98. The molecule has 2 rings (SSSR count). The molecule has 0 amide bonds. The number of aliphatic carboxylic acids is 1. The number of benzene rings is 2. The van der Waals surface area contributed by atoms with Crippen molar-refractivity contribution in [3.63, 3.8) is 0 Å². The van der Waals surface area contributed by atoms with E-state index < -0.39 is 23.4 Å². The highest BCUT2D eigenvalue weighted by atomic mass is 19.2. The maximum Gasteiger partial charge on any atom is 0.305 e. The summed E-state index contributed by atoms with van der Waals surface area (Å²) in [4.78, 5) is 12.1. The summed E-state index contributed by atoms with van der Waals surface area (Å²) in [6.45, 7) is 0.169. The molecule has 6 heteroatoms. The van der Waals surface area contributed by atoms with Crippen molar-refractivity contribution in [3.8, 4) is 0 Å². The highest BCUT2D eigenvalue weighted by Gasteiger charge is 2.19. The summed E-state index contributed by atoms with van der Waals surface area (Å²) >= 11 is 0. The minimum atomic E-state index is -1.56. The second-order valence-corrected chi connectivity index (χ2v) is 4.75. The van der Waals surface area contributed by atoms with Gasteiger partial charge in [0.1, 0.15) is 0 Å². The van der Waals surface area contributed by atoms with Crippen molar-refractivity contribution >= 4 is 11.7 Å². The van der Waals surface area contributed by atoms with Crippen molar-refractivity contribution in [1.82, 2.24) is 0 Å². The number of carboxylic acids is 1. The summed E-state index contributed by atoms with van der Waals surface area (Å²) in [5.74, 6) is -5.22. The number of anilines is 1. The van der Waals surface area contributed by atoms with Gasteiger partial charge in [0.05, 0.1) is 12.1 Å². The molecule has 0 unspecified atom stereocenters. The molecule has 116 valence electrons. The average molecular weight is 309 g/mol. The summed E-state index contributed by atoms with van der Waals surface area (Å²) < 4.78 is 40.4. The molecule has 1 N–H and O–H groups in total. The Balaban J connectivity index is 2.31. The smallest absolute Gasteiger partial charge is 0.305 e. The molecule has 0 saturated carbocycles. The zero-order valence-electron chi connectivity index (χ0n) is 11.6. The van der Waals surface area contributed by atoms with Crippen LogP contribution in [0, 0.1) is 17.5 Å². The van der Waals surface area contributed by atoms with E-state index in [1.54, 1.807) is 24.3 Å². The Kier molecular flexibility index (Phi) is 5.04. The van der Waals surface area contributed by atoms with Gasteiger partial charge in [-0.15, -0.1) is 0 Å². The summed E-state index contributed by atoms with van der Waals surface area (Å²) in [6.07, 6.45) is -0.245. The molecule has 0 radical (unpaired) electrons. The number of carboxylic acid groups (broad SMARTS) is 1. The van der Waals surface area contributed by atoms with Gasteiger partial charge in [0.15, 0.2) is 17.5 Å². The molecule has 0 bridgehead atoms. The summed E-state index contributed by atoms with van der Waals surface area (Å²) in [5, 5.41) is 8.79. The molecular formula is C16H14F3NO2. The van der Waals surface area contributed by atoms with Crippen LogP contribution in [0.25, 0.3) is 0 Å². The number of halogens is 3. The molecule has 0 aliphatic carbocycles. The van der Waals surface area contributed by atoms with Crippen molar-refractivity contribution in [2.75, 3.05) is 11.4 Å². The Bertz CT molecular complexity index is 662. The molecule has 0 fully saturated rings. The fourth-order valence-electron chi connectivity index (χ4n) is 2.08. The zero-order valence-corrected chi connectivity index (χ0v) is 11.6. The Morgan fingerprint density at radius 1 is 1.00 bits per heavy atom. The number of rotatable bonds is 6. The maximum absolute atomic E-state index is 13.9. The molecule has 0 atom stereocenters. The third kappa shape index (κ3) is 3.78. The normalized spacial score (nSPS) is 10.5. The second-order valence-electron chi connectivity index (χ2n) is 4.75. The lowest BCUT2D eigenvalue weighted by molar-refractivity contribution is -0.136. The van der Waals surface area contributed by atoms with E-state index in [0.717, 1.165) is 17.7 Å². The van der Waals surface area contributed by atoms with E-state index in [1.807, 2.05) is 6.07 Å². The van der Waals surface area contributed by atoms with Gasteiger partial charge in [0.2, 0.25) is 0 Å². The van der Waals surface area contributed by atoms with E-state index in [9.17, 15) is 18.0 Å². The molecule has 0 heterocycles. The van der Waals surface area contributed by atoms with Crippen LogP contribution in [0.4, 0.5) is 18.9 Å². The van der Waals surface area contributed by atoms with Crippen molar-refractivity contribution in [2.45, 2.75) is 13.0 Å². The molecule has 0 spiro atoms. The number of hydrogen-bond donors (Lipinski definition) is 1. The van der Waals surface area contributed by atoms with Crippen molar-refractivity contribution in [3.05, 3.63) is 65.5 Å². The number of nitrogens with zero attached hydrogens (tertiary/aromatic N) is 1. The lowest BCUT2D eigenvalue weighted by Gasteiger charge is -2.25. The van der Waals surface area contributed by atoms with Gasteiger partial charge in [-0.2, -0.15) is 0 Å². The van der Waals surface area contributed by atoms with Crippen LogP contribution in [-0.2, 0) is 11.3 Å².